The van der Waals surface area contributed by atoms with Crippen LogP contribution >= 0.6 is 23.2 Å². The molecule has 0 saturated heterocycles. The topological polar surface area (TPSA) is 71.1 Å². The minimum atomic E-state index is -0.331. The Hall–Kier alpha value is -2.11. The smallest absolute Gasteiger partial charge is 0.255 e. The number of aromatic nitrogens is 1. The summed E-state index contributed by atoms with van der Waals surface area (Å²) in [6.07, 6.45) is 1.45. The quantitative estimate of drug-likeness (QED) is 0.848. The summed E-state index contributed by atoms with van der Waals surface area (Å²) in [5.41, 5.74) is 1.37. The number of hydrogen-bond acceptors (Lipinski definition) is 3. The number of benzene rings is 1. The predicted molar refractivity (Wildman–Crippen MR) is 83.0 cm³/mol. The number of anilines is 2. The summed E-state index contributed by atoms with van der Waals surface area (Å²) in [5.74, 6) is -0.553. The maximum absolute atomic E-state index is 12.0. The van der Waals surface area contributed by atoms with Crippen molar-refractivity contribution in [2.75, 3.05) is 10.6 Å². The highest BCUT2D eigenvalue weighted by Crippen LogP contribution is 2.25. The lowest BCUT2D eigenvalue weighted by atomic mass is 10.2. The molecule has 1 aromatic heterocycles. The first-order valence-corrected chi connectivity index (χ1v) is 6.71. The van der Waals surface area contributed by atoms with Crippen LogP contribution in [0.2, 0.25) is 10.2 Å². The van der Waals surface area contributed by atoms with E-state index < -0.39 is 0 Å². The van der Waals surface area contributed by atoms with Crippen LogP contribution in [-0.2, 0) is 4.79 Å². The van der Waals surface area contributed by atoms with E-state index in [-0.39, 0.29) is 17.0 Å². The van der Waals surface area contributed by atoms with Gasteiger partial charge in [0.05, 0.1) is 10.7 Å². The molecule has 1 aromatic carbocycles. The normalized spacial score (nSPS) is 10.0. The van der Waals surface area contributed by atoms with Gasteiger partial charge in [-0.25, -0.2) is 4.98 Å². The molecule has 0 aliphatic heterocycles. The number of carbonyl (C=O) groups excluding carboxylic acids is 2. The van der Waals surface area contributed by atoms with Crippen molar-refractivity contribution in [2.45, 2.75) is 6.92 Å². The van der Waals surface area contributed by atoms with Crippen molar-refractivity contribution in [3.63, 3.8) is 0 Å². The molecule has 0 spiro atoms. The van der Waals surface area contributed by atoms with Crippen LogP contribution in [0.5, 0.6) is 0 Å². The van der Waals surface area contributed by atoms with E-state index in [2.05, 4.69) is 15.6 Å². The summed E-state index contributed by atoms with van der Waals surface area (Å²) in [6, 6.07) is 7.81. The van der Waals surface area contributed by atoms with Crippen LogP contribution in [-0.4, -0.2) is 16.8 Å². The van der Waals surface area contributed by atoms with Gasteiger partial charge >= 0.3 is 0 Å². The Kier molecular flexibility index (Phi) is 4.77. The van der Waals surface area contributed by atoms with Crippen molar-refractivity contribution in [1.82, 2.24) is 4.98 Å². The van der Waals surface area contributed by atoms with Crippen LogP contribution in [0.4, 0.5) is 11.4 Å². The second-order valence-corrected chi connectivity index (χ2v) is 4.99. The number of nitrogens with zero attached hydrogens (tertiary/aromatic N) is 1. The van der Waals surface area contributed by atoms with Crippen molar-refractivity contribution in [3.8, 4) is 0 Å². The number of carbonyl (C=O) groups is 2. The number of pyridine rings is 1. The Morgan fingerprint density at radius 3 is 2.48 bits per heavy atom. The molecule has 108 valence electrons. The first-order chi connectivity index (χ1) is 9.95. The summed E-state index contributed by atoms with van der Waals surface area (Å²) < 4.78 is 0. The van der Waals surface area contributed by atoms with Crippen LogP contribution in [0.1, 0.15) is 17.3 Å². The SMILES string of the molecule is CC(=O)Nc1ccc(NC(=O)c2ccnc(Cl)c2)cc1Cl. The highest BCUT2D eigenvalue weighted by Gasteiger charge is 2.09. The standard InChI is InChI=1S/C14H11Cl2N3O2/c1-8(20)18-12-3-2-10(7-11(12)15)19-14(21)9-4-5-17-13(16)6-9/h2-7H,1H3,(H,18,20)(H,19,21). The molecule has 0 unspecified atom stereocenters. The van der Waals surface area contributed by atoms with Crippen LogP contribution < -0.4 is 10.6 Å². The maximum Gasteiger partial charge on any atom is 0.255 e. The minimum Gasteiger partial charge on any atom is -0.325 e. The van der Waals surface area contributed by atoms with E-state index in [1.165, 1.54) is 19.2 Å². The average Bonchev–Trinajstić information content (AvgIpc) is 2.41. The fraction of sp³-hybridized carbons (Fsp3) is 0.0714. The van der Waals surface area contributed by atoms with Gasteiger partial charge in [0, 0.05) is 24.4 Å². The van der Waals surface area contributed by atoms with Crippen LogP contribution in [0.15, 0.2) is 36.5 Å². The molecule has 2 aromatic rings. The highest BCUT2D eigenvalue weighted by atomic mass is 35.5. The molecule has 0 atom stereocenters. The van der Waals surface area contributed by atoms with Gasteiger partial charge in [-0.05, 0) is 30.3 Å². The average molecular weight is 324 g/mol. The third kappa shape index (κ3) is 4.18. The monoisotopic (exact) mass is 323 g/mol. The van der Waals surface area contributed by atoms with Crippen molar-refractivity contribution < 1.29 is 9.59 Å². The van der Waals surface area contributed by atoms with E-state index in [1.54, 1.807) is 24.3 Å². The summed E-state index contributed by atoms with van der Waals surface area (Å²) in [5, 5.41) is 5.83. The predicted octanol–water partition coefficient (Wildman–Crippen LogP) is 3.60. The third-order valence-electron chi connectivity index (χ3n) is 2.53. The molecule has 0 bridgehead atoms. The molecule has 0 fully saturated rings. The Morgan fingerprint density at radius 1 is 1.10 bits per heavy atom. The molecule has 21 heavy (non-hydrogen) atoms. The van der Waals surface area contributed by atoms with Gasteiger partial charge in [-0.2, -0.15) is 0 Å². The van der Waals surface area contributed by atoms with Gasteiger partial charge in [0.15, 0.2) is 0 Å². The molecule has 0 aliphatic carbocycles. The molecule has 0 saturated carbocycles. The molecule has 2 rings (SSSR count). The largest absolute Gasteiger partial charge is 0.325 e. The molecule has 2 N–H and O–H groups in total. The number of nitrogens with one attached hydrogen (secondary N) is 2. The lowest BCUT2D eigenvalue weighted by Gasteiger charge is -2.09. The van der Waals surface area contributed by atoms with Gasteiger partial charge in [0.1, 0.15) is 5.15 Å². The fourth-order valence-electron chi connectivity index (χ4n) is 1.63. The van der Waals surface area contributed by atoms with Gasteiger partial charge < -0.3 is 10.6 Å². The van der Waals surface area contributed by atoms with Gasteiger partial charge in [0.25, 0.3) is 5.91 Å². The molecule has 2 amide bonds. The van der Waals surface area contributed by atoms with Crippen LogP contribution in [0, 0.1) is 0 Å². The Labute approximate surface area is 131 Å². The fourth-order valence-corrected chi connectivity index (χ4v) is 2.03. The maximum atomic E-state index is 12.0. The van der Waals surface area contributed by atoms with Crippen LogP contribution in [0.3, 0.4) is 0 Å². The summed E-state index contributed by atoms with van der Waals surface area (Å²) >= 11 is 11.8. The Balaban J connectivity index is 2.15. The molecular weight excluding hydrogens is 313 g/mol. The van der Waals surface area contributed by atoms with E-state index in [0.717, 1.165) is 0 Å². The number of hydrogen-bond donors (Lipinski definition) is 2. The molecular formula is C14H11Cl2N3O2. The van der Waals surface area contributed by atoms with Gasteiger partial charge in [-0.1, -0.05) is 23.2 Å². The number of halogens is 2. The van der Waals surface area contributed by atoms with Crippen molar-refractivity contribution in [2.24, 2.45) is 0 Å². The lowest BCUT2D eigenvalue weighted by Crippen LogP contribution is -2.12. The van der Waals surface area contributed by atoms with Gasteiger partial charge in [0.2, 0.25) is 5.91 Å². The summed E-state index contributed by atoms with van der Waals surface area (Å²) in [4.78, 5) is 26.8. The zero-order chi connectivity index (χ0) is 15.4. The minimum absolute atomic E-state index is 0.222. The van der Waals surface area contributed by atoms with Crippen molar-refractivity contribution in [1.29, 1.82) is 0 Å². The number of amides is 2. The lowest BCUT2D eigenvalue weighted by molar-refractivity contribution is -0.114. The van der Waals surface area contributed by atoms with Crippen molar-refractivity contribution >= 4 is 46.4 Å². The van der Waals surface area contributed by atoms with E-state index >= 15 is 0 Å². The second kappa shape index (κ2) is 6.56. The van der Waals surface area contributed by atoms with Crippen molar-refractivity contribution in [3.05, 3.63) is 52.3 Å². The van der Waals surface area contributed by atoms with Crippen LogP contribution in [0.25, 0.3) is 0 Å². The zero-order valence-electron chi connectivity index (χ0n) is 11.0. The second-order valence-electron chi connectivity index (χ2n) is 4.20. The third-order valence-corrected chi connectivity index (χ3v) is 3.05. The number of rotatable bonds is 3. The first-order valence-electron chi connectivity index (χ1n) is 5.96. The van der Waals surface area contributed by atoms with Gasteiger partial charge in [-0.3, -0.25) is 9.59 Å². The van der Waals surface area contributed by atoms with E-state index in [9.17, 15) is 9.59 Å². The van der Waals surface area contributed by atoms with E-state index in [1.807, 2.05) is 0 Å². The molecule has 7 heteroatoms. The molecule has 0 aliphatic rings. The molecule has 0 radical (unpaired) electrons. The van der Waals surface area contributed by atoms with E-state index in [4.69, 9.17) is 23.2 Å². The molecule has 1 heterocycles. The van der Waals surface area contributed by atoms with Gasteiger partial charge in [-0.15, -0.1) is 0 Å². The highest BCUT2D eigenvalue weighted by molar-refractivity contribution is 6.34. The summed E-state index contributed by atoms with van der Waals surface area (Å²) in [6.45, 7) is 1.39. The van der Waals surface area contributed by atoms with E-state index in [0.29, 0.717) is 22.0 Å². The zero-order valence-corrected chi connectivity index (χ0v) is 12.5. The molecule has 5 nitrogen and oxygen atoms in total. The Morgan fingerprint density at radius 2 is 1.86 bits per heavy atom. The summed E-state index contributed by atoms with van der Waals surface area (Å²) in [7, 11) is 0. The Bertz CT molecular complexity index is 704. The first kappa shape index (κ1) is 15.3.